The molecule has 2 aromatic carbocycles. The summed E-state index contributed by atoms with van der Waals surface area (Å²) >= 11 is 0. The number of fused-ring (bicyclic) bond motifs is 1. The smallest absolute Gasteiger partial charge is 0.379 e. The van der Waals surface area contributed by atoms with E-state index in [0.717, 1.165) is 0 Å². The van der Waals surface area contributed by atoms with E-state index < -0.39 is 36.0 Å². The first-order valence-electron chi connectivity index (χ1n) is 9.48. The van der Waals surface area contributed by atoms with E-state index in [1.54, 1.807) is 25.1 Å². The van der Waals surface area contributed by atoms with Crippen molar-refractivity contribution in [3.05, 3.63) is 81.9 Å². The van der Waals surface area contributed by atoms with Crippen LogP contribution < -0.4 is 5.43 Å². The van der Waals surface area contributed by atoms with Crippen LogP contribution in [0.1, 0.15) is 31.4 Å². The quantitative estimate of drug-likeness (QED) is 0.582. The fourth-order valence-electron chi connectivity index (χ4n) is 3.77. The number of alkyl halides is 3. The van der Waals surface area contributed by atoms with Crippen LogP contribution in [0.5, 0.6) is 0 Å². The van der Waals surface area contributed by atoms with E-state index in [4.69, 9.17) is 0 Å². The van der Waals surface area contributed by atoms with Gasteiger partial charge in [0.05, 0.1) is 12.1 Å². The van der Waals surface area contributed by atoms with Crippen LogP contribution in [0.3, 0.4) is 0 Å². The zero-order valence-corrected chi connectivity index (χ0v) is 16.9. The number of benzene rings is 2. The lowest BCUT2D eigenvalue weighted by molar-refractivity contribution is -0.271. The number of aliphatic hydroxyl groups is 1. The minimum atomic E-state index is -4.95. The molecule has 30 heavy (non-hydrogen) atoms. The normalized spacial score (nSPS) is 14.7. The van der Waals surface area contributed by atoms with Crippen molar-refractivity contribution < 1.29 is 22.7 Å². The fourth-order valence-corrected chi connectivity index (χ4v) is 3.77. The molecule has 160 valence electrons. The SMILES string of the molecule is Cc1ccc(C(C)(C)CC(O)(Cn2ccc(=O)c3ccccc32)C(F)(F)F)cc1F. The molecule has 0 spiro atoms. The minimum absolute atomic E-state index is 0.268. The highest BCUT2D eigenvalue weighted by Crippen LogP contribution is 2.42. The summed E-state index contributed by atoms with van der Waals surface area (Å²) in [6.07, 6.45) is -4.38. The van der Waals surface area contributed by atoms with Crippen molar-refractivity contribution in [3.8, 4) is 0 Å². The van der Waals surface area contributed by atoms with Gasteiger partial charge in [-0.1, -0.05) is 38.1 Å². The first-order chi connectivity index (χ1) is 13.8. The Morgan fingerprint density at radius 1 is 1.03 bits per heavy atom. The second-order valence-electron chi connectivity index (χ2n) is 8.38. The van der Waals surface area contributed by atoms with Crippen LogP contribution in [-0.4, -0.2) is 21.5 Å². The number of nitrogens with zero attached hydrogens (tertiary/aromatic N) is 1. The summed E-state index contributed by atoms with van der Waals surface area (Å²) in [6, 6.07) is 11.8. The van der Waals surface area contributed by atoms with Crippen molar-refractivity contribution in [1.82, 2.24) is 4.57 Å². The van der Waals surface area contributed by atoms with Gasteiger partial charge in [-0.2, -0.15) is 13.2 Å². The van der Waals surface area contributed by atoms with Gasteiger partial charge < -0.3 is 9.67 Å². The van der Waals surface area contributed by atoms with Crippen LogP contribution in [0.4, 0.5) is 17.6 Å². The highest BCUT2D eigenvalue weighted by molar-refractivity contribution is 5.78. The fraction of sp³-hybridized carbons (Fsp3) is 0.348. The van der Waals surface area contributed by atoms with E-state index in [1.165, 1.54) is 54.9 Å². The van der Waals surface area contributed by atoms with E-state index in [9.17, 15) is 27.5 Å². The van der Waals surface area contributed by atoms with Gasteiger partial charge >= 0.3 is 6.18 Å². The highest BCUT2D eigenvalue weighted by atomic mass is 19.4. The molecule has 1 atom stereocenters. The third kappa shape index (κ3) is 4.12. The lowest BCUT2D eigenvalue weighted by Gasteiger charge is -2.38. The van der Waals surface area contributed by atoms with Gasteiger partial charge in [-0.25, -0.2) is 4.39 Å². The summed E-state index contributed by atoms with van der Waals surface area (Å²) in [7, 11) is 0. The summed E-state index contributed by atoms with van der Waals surface area (Å²) in [4.78, 5) is 12.0. The van der Waals surface area contributed by atoms with Crippen LogP contribution in [0.15, 0.2) is 59.5 Å². The number of halogens is 4. The molecular weight excluding hydrogens is 398 g/mol. The van der Waals surface area contributed by atoms with E-state index in [1.807, 2.05) is 0 Å². The first-order valence-corrected chi connectivity index (χ1v) is 9.48. The number of pyridine rings is 1. The van der Waals surface area contributed by atoms with Crippen molar-refractivity contribution in [2.75, 3.05) is 0 Å². The largest absolute Gasteiger partial charge is 0.418 e. The molecule has 0 fully saturated rings. The zero-order chi connectivity index (χ0) is 22.3. The standard InChI is InChI=1S/C23H23F4NO2/c1-15-8-9-16(12-18(15)24)21(2,3)13-22(30,23(25,26)27)14-28-11-10-20(29)17-6-4-5-7-19(17)28/h4-12,30H,13-14H2,1-3H3. The van der Waals surface area contributed by atoms with E-state index >= 15 is 0 Å². The van der Waals surface area contributed by atoms with Gasteiger partial charge in [0, 0.05) is 17.6 Å². The Morgan fingerprint density at radius 2 is 1.70 bits per heavy atom. The van der Waals surface area contributed by atoms with Gasteiger partial charge in [0.1, 0.15) is 5.82 Å². The molecule has 0 amide bonds. The van der Waals surface area contributed by atoms with E-state index in [0.29, 0.717) is 16.6 Å². The molecule has 0 bridgehead atoms. The van der Waals surface area contributed by atoms with Crippen LogP contribution in [-0.2, 0) is 12.0 Å². The summed E-state index contributed by atoms with van der Waals surface area (Å²) in [6.45, 7) is 3.85. The molecule has 0 aliphatic heterocycles. The molecule has 1 N–H and O–H groups in total. The van der Waals surface area contributed by atoms with Gasteiger partial charge in [-0.3, -0.25) is 4.79 Å². The average molecular weight is 421 g/mol. The topological polar surface area (TPSA) is 42.2 Å². The minimum Gasteiger partial charge on any atom is -0.379 e. The third-order valence-electron chi connectivity index (χ3n) is 5.53. The molecule has 1 heterocycles. The Kier molecular flexibility index (Phi) is 5.54. The zero-order valence-electron chi connectivity index (χ0n) is 16.9. The van der Waals surface area contributed by atoms with Crippen LogP contribution in [0.25, 0.3) is 10.9 Å². The Hall–Kier alpha value is -2.67. The molecular formula is C23H23F4NO2. The second kappa shape index (κ2) is 7.54. The number of aromatic nitrogens is 1. The van der Waals surface area contributed by atoms with Crippen molar-refractivity contribution in [2.45, 2.75) is 50.9 Å². The third-order valence-corrected chi connectivity index (χ3v) is 5.53. The van der Waals surface area contributed by atoms with Gasteiger partial charge in [0.2, 0.25) is 0 Å². The predicted molar refractivity (Wildman–Crippen MR) is 108 cm³/mol. The van der Waals surface area contributed by atoms with Gasteiger partial charge in [0.25, 0.3) is 0 Å². The molecule has 1 aromatic heterocycles. The summed E-state index contributed by atoms with van der Waals surface area (Å²) < 4.78 is 57.4. The highest BCUT2D eigenvalue weighted by Gasteiger charge is 2.56. The lowest BCUT2D eigenvalue weighted by Crippen LogP contribution is -2.52. The Bertz CT molecular complexity index is 1130. The predicted octanol–water partition coefficient (Wildman–Crippen LogP) is 5.11. The second-order valence-corrected chi connectivity index (χ2v) is 8.38. The Labute approximate surface area is 171 Å². The number of hydrogen-bond acceptors (Lipinski definition) is 2. The number of rotatable bonds is 5. The monoisotopic (exact) mass is 421 g/mol. The molecule has 7 heteroatoms. The van der Waals surface area contributed by atoms with Crippen molar-refractivity contribution in [3.63, 3.8) is 0 Å². The molecule has 0 aliphatic rings. The van der Waals surface area contributed by atoms with Gasteiger partial charge in [0.15, 0.2) is 11.0 Å². The summed E-state index contributed by atoms with van der Waals surface area (Å²) in [5.74, 6) is -0.512. The maximum atomic E-state index is 14.1. The van der Waals surface area contributed by atoms with Crippen molar-refractivity contribution in [1.29, 1.82) is 0 Å². The van der Waals surface area contributed by atoms with Gasteiger partial charge in [-0.15, -0.1) is 0 Å². The van der Waals surface area contributed by atoms with Crippen LogP contribution in [0.2, 0.25) is 0 Å². The number of aryl methyl sites for hydroxylation is 1. The van der Waals surface area contributed by atoms with Crippen molar-refractivity contribution >= 4 is 10.9 Å². The molecule has 0 aliphatic carbocycles. The molecule has 0 saturated heterocycles. The lowest BCUT2D eigenvalue weighted by atomic mass is 9.74. The van der Waals surface area contributed by atoms with Gasteiger partial charge in [-0.05, 0) is 48.1 Å². The molecule has 0 saturated carbocycles. The summed E-state index contributed by atoms with van der Waals surface area (Å²) in [5.41, 5.74) is -3.54. The average Bonchev–Trinajstić information content (AvgIpc) is 2.65. The van der Waals surface area contributed by atoms with E-state index in [-0.39, 0.29) is 10.8 Å². The molecule has 3 rings (SSSR count). The van der Waals surface area contributed by atoms with Crippen molar-refractivity contribution in [2.24, 2.45) is 0 Å². The van der Waals surface area contributed by atoms with E-state index in [2.05, 4.69) is 0 Å². The number of hydrogen-bond donors (Lipinski definition) is 1. The molecule has 0 radical (unpaired) electrons. The summed E-state index contributed by atoms with van der Waals surface area (Å²) in [5, 5.41) is 11.1. The maximum Gasteiger partial charge on any atom is 0.418 e. The number of para-hydroxylation sites is 1. The Morgan fingerprint density at radius 3 is 2.33 bits per heavy atom. The Balaban J connectivity index is 2.05. The maximum absolute atomic E-state index is 14.1. The molecule has 1 unspecified atom stereocenters. The van der Waals surface area contributed by atoms with Crippen LogP contribution >= 0.6 is 0 Å². The van der Waals surface area contributed by atoms with Crippen LogP contribution in [0, 0.1) is 12.7 Å². The first kappa shape index (κ1) is 22.0. The molecule has 3 aromatic rings. The molecule has 3 nitrogen and oxygen atoms in total.